The minimum Gasteiger partial charge on any atom is -0.381 e. The average molecular weight is 411 g/mol. The molecule has 3 aromatic rings. The molecule has 0 spiro atoms. The van der Waals surface area contributed by atoms with Crippen LogP contribution in [0, 0.1) is 5.82 Å². The van der Waals surface area contributed by atoms with E-state index >= 15 is 0 Å². The van der Waals surface area contributed by atoms with E-state index in [1.807, 2.05) is 12.1 Å². The number of halogens is 1. The molecule has 2 aromatic heterocycles. The molecule has 1 aromatic carbocycles. The largest absolute Gasteiger partial charge is 0.381 e. The van der Waals surface area contributed by atoms with Gasteiger partial charge in [0.15, 0.2) is 11.5 Å². The number of hydrogen-bond donors (Lipinski definition) is 3. The highest BCUT2D eigenvalue weighted by Crippen LogP contribution is 2.30. The third-order valence-corrected chi connectivity index (χ3v) is 5.57. The minimum atomic E-state index is -1.34. The fourth-order valence-electron chi connectivity index (χ4n) is 3.87. The van der Waals surface area contributed by atoms with Gasteiger partial charge in [-0.05, 0) is 44.9 Å². The first-order valence-electron chi connectivity index (χ1n) is 10.2. The number of H-pyrrole nitrogens is 1. The predicted octanol–water partition coefficient (Wildman–Crippen LogP) is 3.19. The highest BCUT2D eigenvalue weighted by Gasteiger charge is 2.32. The molecule has 0 bridgehead atoms. The molecule has 1 saturated heterocycles. The molecular formula is C22H26FN5O2. The molecule has 1 fully saturated rings. The fourth-order valence-corrected chi connectivity index (χ4v) is 3.87. The Bertz CT molecular complexity index is 1050. The van der Waals surface area contributed by atoms with Crippen LogP contribution in [0.3, 0.4) is 0 Å². The summed E-state index contributed by atoms with van der Waals surface area (Å²) in [5.74, 6) is 0.402. The summed E-state index contributed by atoms with van der Waals surface area (Å²) in [6.45, 7) is 4.58. The molecule has 4 rings (SSSR count). The second-order valence-corrected chi connectivity index (χ2v) is 8.27. The molecule has 158 valence electrons. The molecule has 1 aliphatic rings. The van der Waals surface area contributed by atoms with Crippen LogP contribution in [0.2, 0.25) is 0 Å². The number of carbonyl (C=O) groups excluding carboxylic acids is 1. The van der Waals surface area contributed by atoms with E-state index in [0.29, 0.717) is 36.7 Å². The van der Waals surface area contributed by atoms with Gasteiger partial charge >= 0.3 is 0 Å². The molecule has 0 atom stereocenters. The first-order chi connectivity index (χ1) is 14.3. The number of pyridine rings is 1. The molecule has 1 aliphatic heterocycles. The number of nitrogens with zero attached hydrogens (tertiary/aromatic N) is 3. The summed E-state index contributed by atoms with van der Waals surface area (Å²) in [6.07, 6.45) is 1.60. The van der Waals surface area contributed by atoms with Crippen LogP contribution in [0.1, 0.15) is 43.9 Å². The van der Waals surface area contributed by atoms with Gasteiger partial charge in [0, 0.05) is 36.8 Å². The minimum absolute atomic E-state index is 0.233. The highest BCUT2D eigenvalue weighted by molar-refractivity contribution is 5.87. The van der Waals surface area contributed by atoms with Crippen molar-refractivity contribution in [3.63, 3.8) is 0 Å². The van der Waals surface area contributed by atoms with E-state index in [4.69, 9.17) is 4.98 Å². The summed E-state index contributed by atoms with van der Waals surface area (Å²) in [6, 6.07) is 10.6. The molecule has 0 radical (unpaired) electrons. The van der Waals surface area contributed by atoms with Gasteiger partial charge in [0.1, 0.15) is 11.4 Å². The maximum Gasteiger partial charge on any atom is 0.253 e. The first-order valence-corrected chi connectivity index (χ1v) is 10.2. The van der Waals surface area contributed by atoms with Crippen molar-refractivity contribution >= 4 is 22.8 Å². The van der Waals surface area contributed by atoms with Gasteiger partial charge in [0.2, 0.25) is 0 Å². The van der Waals surface area contributed by atoms with Crippen LogP contribution < -0.4 is 5.32 Å². The van der Waals surface area contributed by atoms with Gasteiger partial charge in [-0.3, -0.25) is 9.89 Å². The third-order valence-electron chi connectivity index (χ3n) is 5.57. The van der Waals surface area contributed by atoms with E-state index in [1.165, 1.54) is 19.9 Å². The zero-order valence-corrected chi connectivity index (χ0v) is 17.2. The summed E-state index contributed by atoms with van der Waals surface area (Å²) in [4.78, 5) is 18.7. The summed E-state index contributed by atoms with van der Waals surface area (Å²) in [5.41, 5.74) is 0.873. The number of fused-ring (bicyclic) bond motifs is 1. The van der Waals surface area contributed by atoms with Gasteiger partial charge < -0.3 is 15.3 Å². The topological polar surface area (TPSA) is 94.1 Å². The third kappa shape index (κ3) is 4.14. The van der Waals surface area contributed by atoms with Crippen molar-refractivity contribution in [2.24, 2.45) is 0 Å². The Morgan fingerprint density at radius 2 is 2.00 bits per heavy atom. The Hall–Kier alpha value is -3.00. The van der Waals surface area contributed by atoms with Crippen LogP contribution in [0.4, 0.5) is 10.2 Å². The van der Waals surface area contributed by atoms with Crippen LogP contribution >= 0.6 is 0 Å². The van der Waals surface area contributed by atoms with Gasteiger partial charge in [0.05, 0.1) is 5.39 Å². The van der Waals surface area contributed by atoms with Crippen molar-refractivity contribution in [2.45, 2.75) is 44.8 Å². The number of carbonyl (C=O) groups is 1. The van der Waals surface area contributed by atoms with Crippen LogP contribution in [-0.2, 0) is 11.3 Å². The number of amides is 1. The Balaban J connectivity index is 1.43. The first kappa shape index (κ1) is 20.3. The van der Waals surface area contributed by atoms with Crippen molar-refractivity contribution in [1.82, 2.24) is 20.1 Å². The molecule has 3 heterocycles. The van der Waals surface area contributed by atoms with Crippen LogP contribution in [0.25, 0.3) is 11.0 Å². The number of nitrogens with one attached hydrogen (secondary N) is 2. The molecule has 30 heavy (non-hydrogen) atoms. The van der Waals surface area contributed by atoms with Gasteiger partial charge in [0.25, 0.3) is 5.91 Å². The van der Waals surface area contributed by atoms with Gasteiger partial charge in [-0.15, -0.1) is 0 Å². The zero-order chi connectivity index (χ0) is 21.3. The molecule has 0 aliphatic carbocycles. The van der Waals surface area contributed by atoms with Crippen molar-refractivity contribution in [1.29, 1.82) is 0 Å². The predicted molar refractivity (Wildman–Crippen MR) is 112 cm³/mol. The van der Waals surface area contributed by atoms with E-state index in [0.717, 1.165) is 23.9 Å². The number of piperidine rings is 1. The Morgan fingerprint density at radius 3 is 2.70 bits per heavy atom. The van der Waals surface area contributed by atoms with E-state index < -0.39 is 5.60 Å². The van der Waals surface area contributed by atoms with Crippen molar-refractivity contribution in [2.75, 3.05) is 18.4 Å². The SMILES string of the molecule is CC(C)(O)C(=O)N1CCC(c2ccc3c(NCc4ccccc4F)n[nH]c3n2)CC1. The summed E-state index contributed by atoms with van der Waals surface area (Å²) in [5, 5.41) is 21.2. The lowest BCUT2D eigenvalue weighted by Crippen LogP contribution is -2.48. The van der Waals surface area contributed by atoms with Crippen molar-refractivity contribution in [3.8, 4) is 0 Å². The zero-order valence-electron chi connectivity index (χ0n) is 17.2. The van der Waals surface area contributed by atoms with Gasteiger partial charge in [-0.1, -0.05) is 18.2 Å². The molecule has 0 saturated carbocycles. The smallest absolute Gasteiger partial charge is 0.253 e. The molecule has 8 heteroatoms. The van der Waals surface area contributed by atoms with Crippen molar-refractivity contribution in [3.05, 3.63) is 53.5 Å². The molecule has 0 unspecified atom stereocenters. The van der Waals surface area contributed by atoms with E-state index in [9.17, 15) is 14.3 Å². The maximum atomic E-state index is 13.8. The average Bonchev–Trinajstić information content (AvgIpc) is 3.14. The van der Waals surface area contributed by atoms with E-state index in [2.05, 4.69) is 15.5 Å². The Kier molecular flexibility index (Phi) is 5.42. The quantitative estimate of drug-likeness (QED) is 0.600. The molecular weight excluding hydrogens is 385 g/mol. The van der Waals surface area contributed by atoms with Crippen LogP contribution in [-0.4, -0.2) is 49.8 Å². The van der Waals surface area contributed by atoms with E-state index in [1.54, 1.807) is 23.1 Å². The molecule has 7 nitrogen and oxygen atoms in total. The number of aromatic nitrogens is 3. The second-order valence-electron chi connectivity index (χ2n) is 8.27. The van der Waals surface area contributed by atoms with E-state index in [-0.39, 0.29) is 17.6 Å². The lowest BCUT2D eigenvalue weighted by atomic mass is 9.92. The lowest BCUT2D eigenvalue weighted by molar-refractivity contribution is -0.148. The fraction of sp³-hybridized carbons (Fsp3) is 0.409. The number of aromatic amines is 1. The monoisotopic (exact) mass is 411 g/mol. The number of hydrogen-bond acceptors (Lipinski definition) is 5. The Morgan fingerprint density at radius 1 is 1.27 bits per heavy atom. The summed E-state index contributed by atoms with van der Waals surface area (Å²) < 4.78 is 13.8. The Labute approximate surface area is 174 Å². The second kappa shape index (κ2) is 8.02. The summed E-state index contributed by atoms with van der Waals surface area (Å²) >= 11 is 0. The maximum absolute atomic E-state index is 13.8. The molecule has 3 N–H and O–H groups in total. The number of rotatable bonds is 5. The normalized spacial score (nSPS) is 15.5. The van der Waals surface area contributed by atoms with Crippen LogP contribution in [0.15, 0.2) is 36.4 Å². The van der Waals surface area contributed by atoms with Gasteiger partial charge in [-0.25, -0.2) is 9.37 Å². The highest BCUT2D eigenvalue weighted by atomic mass is 19.1. The number of aliphatic hydroxyl groups is 1. The summed E-state index contributed by atoms with van der Waals surface area (Å²) in [7, 11) is 0. The van der Waals surface area contributed by atoms with Gasteiger partial charge in [-0.2, -0.15) is 5.10 Å². The number of anilines is 1. The number of likely N-dealkylation sites (tertiary alicyclic amines) is 1. The standard InChI is InChI=1S/C22H26FN5O2/c1-22(2,30)21(29)28-11-9-14(10-12-28)18-8-7-16-19(26-27-20(16)25-18)24-13-15-5-3-4-6-17(15)23/h3-8,14,30H,9-13H2,1-2H3,(H2,24,25,26,27). The lowest BCUT2D eigenvalue weighted by Gasteiger charge is -2.34. The number of benzene rings is 1. The van der Waals surface area contributed by atoms with Crippen LogP contribution in [0.5, 0.6) is 0 Å². The van der Waals surface area contributed by atoms with Crippen molar-refractivity contribution < 1.29 is 14.3 Å². The molecule has 1 amide bonds.